The zero-order valence-electron chi connectivity index (χ0n) is 16.0. The van der Waals surface area contributed by atoms with Crippen LogP contribution in [0.5, 0.6) is 0 Å². The van der Waals surface area contributed by atoms with Crippen LogP contribution in [0.1, 0.15) is 26.3 Å². The number of hydrogen-bond donors (Lipinski definition) is 4. The molecule has 6 atom stereocenters. The molecular weight excluding hydrogens is 372 g/mol. The summed E-state index contributed by atoms with van der Waals surface area (Å²) in [5.41, 5.74) is 0.898. The zero-order chi connectivity index (χ0) is 20.5. The van der Waals surface area contributed by atoms with Crippen molar-refractivity contribution in [1.29, 1.82) is 0 Å². The Bertz CT molecular complexity index is 681. The van der Waals surface area contributed by atoms with E-state index in [1.54, 1.807) is 26.0 Å². The summed E-state index contributed by atoms with van der Waals surface area (Å²) in [7, 11) is 0. The van der Waals surface area contributed by atoms with Crippen LogP contribution in [-0.2, 0) is 30.3 Å². The predicted octanol–water partition coefficient (Wildman–Crippen LogP) is -0.651. The Morgan fingerprint density at radius 2 is 2.07 bits per heavy atom. The van der Waals surface area contributed by atoms with Gasteiger partial charge in [0.15, 0.2) is 17.8 Å². The minimum Gasteiger partial charge on any atom is -0.595 e. The summed E-state index contributed by atoms with van der Waals surface area (Å²) < 4.78 is 23.1. The number of quaternary nitrogens is 1. The molecule has 0 spiro atoms. The van der Waals surface area contributed by atoms with Gasteiger partial charge in [-0.1, -0.05) is 12.1 Å². The average Bonchev–Trinajstić information content (AvgIpc) is 2.63. The number of aliphatic hydroxyl groups excluding tert-OH is 1. The molecule has 28 heavy (non-hydrogen) atoms. The second kappa shape index (κ2) is 8.39. The van der Waals surface area contributed by atoms with Crippen LogP contribution in [0.2, 0.25) is 0 Å². The molecule has 156 valence electrons. The van der Waals surface area contributed by atoms with Crippen LogP contribution < -0.4 is 10.5 Å². The van der Waals surface area contributed by atoms with Gasteiger partial charge < -0.3 is 34.6 Å². The first-order valence-corrected chi connectivity index (χ1v) is 9.02. The van der Waals surface area contributed by atoms with Gasteiger partial charge in [-0.15, -0.1) is 0 Å². The molecular formula is C18H26N2O8. The number of ether oxygens (including phenoxy) is 4. The largest absolute Gasteiger partial charge is 0.595 e. The maximum Gasteiger partial charge on any atom is 0.217 e. The number of amides is 1. The van der Waals surface area contributed by atoms with Gasteiger partial charge in [-0.25, -0.2) is 5.21 Å². The van der Waals surface area contributed by atoms with Crippen LogP contribution in [0, 0.1) is 5.21 Å². The van der Waals surface area contributed by atoms with E-state index in [0.717, 1.165) is 5.56 Å². The number of carbonyl (C=O) groups is 1. The molecule has 1 aromatic carbocycles. The molecule has 2 aliphatic rings. The van der Waals surface area contributed by atoms with E-state index in [0.29, 0.717) is 0 Å². The lowest BCUT2D eigenvalue weighted by molar-refractivity contribution is -0.991. The number of carbonyl (C=O) groups excluding carboxylic acids is 1. The number of fused-ring (bicyclic) bond motifs is 1. The van der Waals surface area contributed by atoms with Crippen LogP contribution in [-0.4, -0.2) is 59.3 Å². The highest BCUT2D eigenvalue weighted by Crippen LogP contribution is 2.33. The molecule has 2 heterocycles. The molecule has 0 aromatic heterocycles. The molecule has 3 rings (SSSR count). The monoisotopic (exact) mass is 398 g/mol. The Labute approximate surface area is 162 Å². The second-order valence-electron chi connectivity index (χ2n) is 7.37. The third-order valence-corrected chi connectivity index (χ3v) is 4.67. The molecule has 1 unspecified atom stereocenters. The molecule has 2 fully saturated rings. The Hall–Kier alpha value is -1.63. The van der Waals surface area contributed by atoms with E-state index in [-0.39, 0.29) is 24.8 Å². The lowest BCUT2D eigenvalue weighted by atomic mass is 9.95. The van der Waals surface area contributed by atoms with Crippen molar-refractivity contribution in [1.82, 2.24) is 5.32 Å². The molecule has 2 saturated heterocycles. The highest BCUT2D eigenvalue weighted by molar-refractivity contribution is 5.73. The molecule has 0 bridgehead atoms. The van der Waals surface area contributed by atoms with Crippen molar-refractivity contribution in [2.45, 2.75) is 63.8 Å². The van der Waals surface area contributed by atoms with E-state index in [9.17, 15) is 15.1 Å². The Kier molecular flexibility index (Phi) is 6.32. The minimum absolute atomic E-state index is 0.109. The smallest absolute Gasteiger partial charge is 0.217 e. The van der Waals surface area contributed by atoms with Gasteiger partial charge in [0.2, 0.25) is 5.91 Å². The molecule has 2 aliphatic heterocycles. The van der Waals surface area contributed by atoms with Gasteiger partial charge >= 0.3 is 0 Å². The van der Waals surface area contributed by atoms with Crippen LogP contribution in [0.25, 0.3) is 0 Å². The van der Waals surface area contributed by atoms with E-state index in [1.807, 2.05) is 0 Å². The summed E-state index contributed by atoms with van der Waals surface area (Å²) in [6, 6.07) is 5.39. The van der Waals surface area contributed by atoms with Crippen LogP contribution in [0.4, 0.5) is 5.69 Å². The van der Waals surface area contributed by atoms with E-state index in [4.69, 9.17) is 24.2 Å². The van der Waals surface area contributed by atoms with Crippen LogP contribution in [0.3, 0.4) is 0 Å². The molecule has 0 aliphatic carbocycles. The van der Waals surface area contributed by atoms with Crippen molar-refractivity contribution in [2.24, 2.45) is 0 Å². The van der Waals surface area contributed by atoms with E-state index in [1.165, 1.54) is 19.1 Å². The molecule has 1 aromatic rings. The van der Waals surface area contributed by atoms with Gasteiger partial charge in [-0.3, -0.25) is 4.79 Å². The summed E-state index contributed by atoms with van der Waals surface area (Å²) in [5, 5.41) is 32.3. The zero-order valence-corrected chi connectivity index (χ0v) is 16.0. The summed E-state index contributed by atoms with van der Waals surface area (Å²) in [6.07, 6.45) is -3.19. The van der Waals surface area contributed by atoms with Gasteiger partial charge in [-0.2, -0.15) is 5.23 Å². The number of aliphatic hydroxyl groups is 1. The molecule has 0 saturated carbocycles. The van der Waals surface area contributed by atoms with Gasteiger partial charge in [0.25, 0.3) is 0 Å². The van der Waals surface area contributed by atoms with Gasteiger partial charge in [0.1, 0.15) is 24.4 Å². The molecule has 4 N–H and O–H groups in total. The van der Waals surface area contributed by atoms with Gasteiger partial charge in [-0.05, 0) is 19.4 Å². The topological polar surface area (TPSA) is 134 Å². The van der Waals surface area contributed by atoms with Crippen LogP contribution in [0.15, 0.2) is 24.3 Å². The van der Waals surface area contributed by atoms with Gasteiger partial charge in [0.05, 0.1) is 13.2 Å². The fourth-order valence-electron chi connectivity index (χ4n) is 3.30. The maximum absolute atomic E-state index is 11.6. The number of hydrogen-bond acceptors (Lipinski definition) is 8. The molecule has 1 amide bonds. The van der Waals surface area contributed by atoms with Crippen molar-refractivity contribution in [3.05, 3.63) is 35.0 Å². The van der Waals surface area contributed by atoms with Crippen LogP contribution >= 0.6 is 0 Å². The maximum atomic E-state index is 11.6. The van der Waals surface area contributed by atoms with E-state index in [2.05, 4.69) is 5.32 Å². The Morgan fingerprint density at radius 1 is 1.39 bits per heavy atom. The highest BCUT2D eigenvalue weighted by Gasteiger charge is 2.51. The van der Waals surface area contributed by atoms with Gasteiger partial charge in [0, 0.05) is 19.1 Å². The summed E-state index contributed by atoms with van der Waals surface area (Å²) in [4.78, 5) is 11.6. The molecule has 10 heteroatoms. The predicted molar refractivity (Wildman–Crippen MR) is 94.2 cm³/mol. The average molecular weight is 398 g/mol. The first-order valence-electron chi connectivity index (χ1n) is 9.02. The molecule has 10 nitrogen and oxygen atoms in total. The van der Waals surface area contributed by atoms with Crippen molar-refractivity contribution in [2.75, 3.05) is 6.61 Å². The fourth-order valence-corrected chi connectivity index (χ4v) is 3.30. The van der Waals surface area contributed by atoms with E-state index >= 15 is 0 Å². The van der Waals surface area contributed by atoms with Crippen molar-refractivity contribution in [3.63, 3.8) is 0 Å². The second-order valence-corrected chi connectivity index (χ2v) is 7.37. The van der Waals surface area contributed by atoms with E-state index < -0.39 is 41.7 Å². The fraction of sp³-hybridized carbons (Fsp3) is 0.611. The number of nitrogens with one attached hydrogen (secondary N) is 2. The SMILES string of the molecule is CC(=O)N[C@@H]1[C@@H](OCc2ccc([NH+]([O-])O)cc2)O[C@@H]2COC(C)(C)O[C@H]2[C@H]1O. The van der Waals surface area contributed by atoms with Crippen molar-refractivity contribution in [3.8, 4) is 0 Å². The summed E-state index contributed by atoms with van der Waals surface area (Å²) >= 11 is 0. The first-order chi connectivity index (χ1) is 13.2. The lowest BCUT2D eigenvalue weighted by Gasteiger charge is -2.49. The Balaban J connectivity index is 1.70. The molecule has 0 radical (unpaired) electrons. The van der Waals surface area contributed by atoms with Crippen molar-refractivity contribution < 1.29 is 39.3 Å². The first kappa shape index (κ1) is 21.1. The number of benzene rings is 1. The number of rotatable bonds is 5. The van der Waals surface area contributed by atoms with Crippen molar-refractivity contribution >= 4 is 11.6 Å². The minimum atomic E-state index is -1.05. The normalized spacial score (nSPS) is 33.0. The highest BCUT2D eigenvalue weighted by atomic mass is 16.8. The quantitative estimate of drug-likeness (QED) is 0.481. The Morgan fingerprint density at radius 3 is 2.68 bits per heavy atom. The lowest BCUT2D eigenvalue weighted by Crippen LogP contribution is -2.99. The third kappa shape index (κ3) is 4.85. The summed E-state index contributed by atoms with van der Waals surface area (Å²) in [5.74, 6) is -1.21. The standard InChI is InChI=1S/C18H26N2O8/c1-10(21)19-14-15(22)16-13(9-26-18(2,3)28-16)27-17(14)25-8-11-4-6-12(7-5-11)20(23)24/h4-7,13-17,20,22-23H,8-9H2,1-3H3,(H,19,21)/t13-,14+,15+,16-,17+/m1/s1. The summed E-state index contributed by atoms with van der Waals surface area (Å²) in [6.45, 7) is 5.15. The third-order valence-electron chi connectivity index (χ3n) is 4.67.